The minimum atomic E-state index is -0.361. The van der Waals surface area contributed by atoms with Crippen molar-refractivity contribution in [2.75, 3.05) is 23.3 Å². The van der Waals surface area contributed by atoms with Gasteiger partial charge in [-0.25, -0.2) is 9.37 Å². The van der Waals surface area contributed by atoms with Gasteiger partial charge in [0.2, 0.25) is 0 Å². The number of nitrogens with zero attached hydrogens (tertiary/aromatic N) is 2. The molecular weight excluding hydrogens is 355 g/mol. The first-order chi connectivity index (χ1) is 12.5. The summed E-state index contributed by atoms with van der Waals surface area (Å²) in [6.07, 6.45) is 4.41. The first kappa shape index (κ1) is 17.1. The quantitative estimate of drug-likeness (QED) is 0.637. The Bertz CT molecular complexity index is 950. The molecule has 0 unspecified atom stereocenters. The van der Waals surface area contributed by atoms with Crippen molar-refractivity contribution in [1.82, 2.24) is 9.97 Å². The molecule has 0 spiro atoms. The first-order valence-electron chi connectivity index (χ1n) is 8.64. The van der Waals surface area contributed by atoms with Gasteiger partial charge >= 0.3 is 0 Å². The van der Waals surface area contributed by atoms with Crippen LogP contribution in [0.2, 0.25) is 5.02 Å². The zero-order chi connectivity index (χ0) is 18.3. The van der Waals surface area contributed by atoms with Crippen molar-refractivity contribution in [2.24, 2.45) is 0 Å². The predicted octanol–water partition coefficient (Wildman–Crippen LogP) is 4.37. The number of aliphatic hydroxyl groups excluding tert-OH is 1. The summed E-state index contributed by atoms with van der Waals surface area (Å²) in [6.45, 7) is 3.67. The monoisotopic (exact) mass is 374 g/mol. The van der Waals surface area contributed by atoms with Crippen LogP contribution in [-0.2, 0) is 0 Å². The number of nitrogens with one attached hydrogen (secondary N) is 2. The number of fused-ring (bicyclic) bond motifs is 1. The fraction of sp³-hybridized carbons (Fsp3) is 0.316. The van der Waals surface area contributed by atoms with E-state index in [1.165, 1.54) is 6.20 Å². The van der Waals surface area contributed by atoms with E-state index >= 15 is 0 Å². The zero-order valence-corrected chi connectivity index (χ0v) is 15.1. The molecule has 0 aliphatic carbocycles. The third-order valence-electron chi connectivity index (χ3n) is 4.93. The summed E-state index contributed by atoms with van der Waals surface area (Å²) in [7, 11) is 0. The van der Waals surface area contributed by atoms with Crippen LogP contribution < -0.4 is 10.2 Å². The van der Waals surface area contributed by atoms with Crippen LogP contribution in [0.15, 0.2) is 30.6 Å². The highest BCUT2D eigenvalue weighted by atomic mass is 35.5. The lowest BCUT2D eigenvalue weighted by Gasteiger charge is -2.32. The molecule has 26 heavy (non-hydrogen) atoms. The molecule has 0 radical (unpaired) electrons. The molecule has 1 aromatic carbocycles. The minimum absolute atomic E-state index is 0.207. The van der Waals surface area contributed by atoms with Crippen LogP contribution in [0, 0.1) is 12.7 Å². The lowest BCUT2D eigenvalue weighted by atomic mass is 10.1. The number of aliphatic hydroxyl groups is 1. The molecule has 3 heterocycles. The van der Waals surface area contributed by atoms with E-state index in [1.54, 1.807) is 12.3 Å². The Morgan fingerprint density at radius 2 is 2.12 bits per heavy atom. The van der Waals surface area contributed by atoms with Crippen LogP contribution in [0.1, 0.15) is 18.4 Å². The van der Waals surface area contributed by atoms with E-state index < -0.39 is 0 Å². The van der Waals surface area contributed by atoms with Gasteiger partial charge in [0.25, 0.3) is 0 Å². The van der Waals surface area contributed by atoms with Crippen molar-refractivity contribution in [3.63, 3.8) is 0 Å². The van der Waals surface area contributed by atoms with Crippen LogP contribution in [-0.4, -0.2) is 34.3 Å². The number of pyridine rings is 1. The van der Waals surface area contributed by atoms with E-state index in [4.69, 9.17) is 11.6 Å². The lowest BCUT2D eigenvalue weighted by Crippen LogP contribution is -2.36. The number of aromatic amines is 1. The van der Waals surface area contributed by atoms with Gasteiger partial charge in [-0.15, -0.1) is 0 Å². The summed E-state index contributed by atoms with van der Waals surface area (Å²) in [5, 5.41) is 13.7. The molecule has 0 atom stereocenters. The Labute approximate surface area is 155 Å². The second-order valence-electron chi connectivity index (χ2n) is 6.66. The largest absolute Gasteiger partial charge is 0.393 e. The number of halogens is 2. The SMILES string of the molecule is Cc1c(N2CCC(O)CC2)ccnc1Nc1cc(Cl)c2c(F)c[nH]c2c1. The van der Waals surface area contributed by atoms with Crippen molar-refractivity contribution < 1.29 is 9.50 Å². The second kappa shape index (κ2) is 6.78. The van der Waals surface area contributed by atoms with Gasteiger partial charge in [-0.1, -0.05) is 11.6 Å². The van der Waals surface area contributed by atoms with E-state index in [0.29, 0.717) is 15.9 Å². The molecule has 5 nitrogen and oxygen atoms in total. The number of hydrogen-bond acceptors (Lipinski definition) is 4. The summed E-state index contributed by atoms with van der Waals surface area (Å²) in [4.78, 5) is 9.60. The van der Waals surface area contributed by atoms with Crippen molar-refractivity contribution >= 4 is 39.7 Å². The molecule has 3 N–H and O–H groups in total. The molecule has 136 valence electrons. The molecule has 7 heteroatoms. The van der Waals surface area contributed by atoms with Gasteiger partial charge < -0.3 is 20.3 Å². The van der Waals surface area contributed by atoms with Crippen molar-refractivity contribution in [3.8, 4) is 0 Å². The molecule has 1 aliphatic rings. The average molecular weight is 375 g/mol. The number of benzene rings is 1. The number of piperidine rings is 1. The summed E-state index contributed by atoms with van der Waals surface area (Å²) in [5.74, 6) is 0.371. The normalized spacial score (nSPS) is 15.6. The van der Waals surface area contributed by atoms with Crippen LogP contribution in [0.5, 0.6) is 0 Å². The summed E-state index contributed by atoms with van der Waals surface area (Å²) >= 11 is 6.23. The van der Waals surface area contributed by atoms with E-state index in [-0.39, 0.29) is 11.9 Å². The Hall–Kier alpha value is -2.31. The van der Waals surface area contributed by atoms with Gasteiger partial charge in [0.15, 0.2) is 0 Å². The Kier molecular flexibility index (Phi) is 4.46. The van der Waals surface area contributed by atoms with E-state index in [0.717, 1.165) is 48.7 Å². The molecule has 0 bridgehead atoms. The Morgan fingerprint density at radius 1 is 1.35 bits per heavy atom. The standard InChI is InChI=1S/C19H20ClFN4O/c1-11-17(25-6-3-13(26)4-7-25)2-5-22-19(11)24-12-8-14(20)18-15(21)10-23-16(18)9-12/h2,5,8-10,13,23,26H,3-4,6-7H2,1H3,(H,22,24). The summed E-state index contributed by atoms with van der Waals surface area (Å²) in [5.41, 5.74) is 3.51. The van der Waals surface area contributed by atoms with Crippen molar-refractivity contribution in [2.45, 2.75) is 25.9 Å². The maximum atomic E-state index is 13.7. The molecule has 3 aromatic rings. The Balaban J connectivity index is 1.63. The maximum absolute atomic E-state index is 13.7. The molecule has 1 fully saturated rings. The molecule has 1 saturated heterocycles. The minimum Gasteiger partial charge on any atom is -0.393 e. The summed E-state index contributed by atoms with van der Waals surface area (Å²) < 4.78 is 13.7. The lowest BCUT2D eigenvalue weighted by molar-refractivity contribution is 0.145. The van der Waals surface area contributed by atoms with Gasteiger partial charge in [-0.2, -0.15) is 0 Å². The molecule has 4 rings (SSSR count). The third kappa shape index (κ3) is 3.10. The smallest absolute Gasteiger partial charge is 0.149 e. The van der Waals surface area contributed by atoms with Gasteiger partial charge in [0.05, 0.1) is 22.0 Å². The van der Waals surface area contributed by atoms with E-state index in [1.807, 2.05) is 19.1 Å². The van der Waals surface area contributed by atoms with Crippen LogP contribution in [0.25, 0.3) is 10.9 Å². The van der Waals surface area contributed by atoms with Crippen molar-refractivity contribution in [1.29, 1.82) is 0 Å². The first-order valence-corrected chi connectivity index (χ1v) is 9.02. The molecule has 2 aromatic heterocycles. The Morgan fingerprint density at radius 3 is 2.88 bits per heavy atom. The van der Waals surface area contributed by atoms with Crippen molar-refractivity contribution in [3.05, 3.63) is 47.0 Å². The zero-order valence-electron chi connectivity index (χ0n) is 14.4. The molecule has 0 amide bonds. The highest BCUT2D eigenvalue weighted by molar-refractivity contribution is 6.35. The number of aromatic nitrogens is 2. The van der Waals surface area contributed by atoms with Gasteiger partial charge in [-0.05, 0) is 38.0 Å². The maximum Gasteiger partial charge on any atom is 0.149 e. The summed E-state index contributed by atoms with van der Waals surface area (Å²) in [6, 6.07) is 5.51. The molecule has 1 aliphatic heterocycles. The number of anilines is 3. The molecular formula is C19H20ClFN4O. The van der Waals surface area contributed by atoms with E-state index in [9.17, 15) is 9.50 Å². The van der Waals surface area contributed by atoms with Gasteiger partial charge in [0.1, 0.15) is 11.6 Å². The highest BCUT2D eigenvalue weighted by Crippen LogP contribution is 2.33. The number of H-pyrrole nitrogens is 1. The van der Waals surface area contributed by atoms with Crippen LogP contribution in [0.3, 0.4) is 0 Å². The van der Waals surface area contributed by atoms with Gasteiger partial charge in [-0.3, -0.25) is 0 Å². The van der Waals surface area contributed by atoms with Gasteiger partial charge in [0, 0.05) is 42.4 Å². The topological polar surface area (TPSA) is 64.2 Å². The fourth-order valence-electron chi connectivity index (χ4n) is 3.49. The number of rotatable bonds is 3. The predicted molar refractivity (Wildman–Crippen MR) is 103 cm³/mol. The number of hydrogen-bond donors (Lipinski definition) is 3. The second-order valence-corrected chi connectivity index (χ2v) is 7.07. The van der Waals surface area contributed by atoms with E-state index in [2.05, 4.69) is 20.2 Å². The average Bonchev–Trinajstić information content (AvgIpc) is 2.99. The van der Waals surface area contributed by atoms with Crippen LogP contribution >= 0.6 is 11.6 Å². The molecule has 0 saturated carbocycles. The fourth-order valence-corrected chi connectivity index (χ4v) is 3.80. The third-order valence-corrected chi connectivity index (χ3v) is 5.22. The van der Waals surface area contributed by atoms with Crippen LogP contribution in [0.4, 0.5) is 21.6 Å². The highest BCUT2D eigenvalue weighted by Gasteiger charge is 2.20.